The Hall–Kier alpha value is -1.15. The van der Waals surface area contributed by atoms with Gasteiger partial charge < -0.3 is 5.32 Å². The summed E-state index contributed by atoms with van der Waals surface area (Å²) in [4.78, 5) is 28.3. The number of rotatable bonds is 4. The number of nitrogens with one attached hydrogen (secondary N) is 1. The molecule has 130 valence electrons. The van der Waals surface area contributed by atoms with Crippen molar-refractivity contribution < 1.29 is 18.0 Å². The molecule has 1 N–H and O–H groups in total. The molecular weight excluding hydrogens is 318 g/mol. The summed E-state index contributed by atoms with van der Waals surface area (Å²) < 4.78 is 23.4. The molecular formula is C15H25N3O4S. The first kappa shape index (κ1) is 16.7. The smallest absolute Gasteiger partial charge is 0.323 e. The molecule has 3 fully saturated rings. The van der Waals surface area contributed by atoms with Crippen LogP contribution in [0.25, 0.3) is 0 Å². The fourth-order valence-electron chi connectivity index (χ4n) is 4.02. The first-order valence-corrected chi connectivity index (χ1v) is 10.3. The van der Waals surface area contributed by atoms with Crippen molar-refractivity contribution >= 4 is 21.8 Å². The van der Waals surface area contributed by atoms with E-state index in [1.54, 1.807) is 0 Å². The molecule has 2 saturated heterocycles. The molecule has 0 aromatic rings. The fourth-order valence-corrected chi connectivity index (χ4v) is 5.78. The normalized spacial score (nSPS) is 29.5. The van der Waals surface area contributed by atoms with Gasteiger partial charge in [-0.2, -0.15) is 0 Å². The molecule has 0 bridgehead atoms. The average Bonchev–Trinajstić information content (AvgIpc) is 2.97. The molecule has 1 aliphatic carbocycles. The predicted octanol–water partition coefficient (Wildman–Crippen LogP) is 0.708. The average molecular weight is 343 g/mol. The fraction of sp³-hybridized carbons (Fsp3) is 0.867. The van der Waals surface area contributed by atoms with E-state index in [1.807, 2.05) is 11.8 Å². The highest BCUT2D eigenvalue weighted by Crippen LogP contribution is 2.34. The van der Waals surface area contributed by atoms with Gasteiger partial charge in [-0.3, -0.25) is 9.69 Å². The molecule has 3 aliphatic rings. The summed E-state index contributed by atoms with van der Waals surface area (Å²) in [6.07, 6.45) is 5.00. The van der Waals surface area contributed by atoms with E-state index >= 15 is 0 Å². The van der Waals surface area contributed by atoms with Crippen molar-refractivity contribution in [3.63, 3.8) is 0 Å². The SMILES string of the molecule is CCN(CN1C(=O)NC2(CCCCC2)C1=O)[C@@H]1CCS(=O)(=O)C1. The summed E-state index contributed by atoms with van der Waals surface area (Å²) in [5.41, 5.74) is -0.712. The molecule has 1 atom stereocenters. The van der Waals surface area contributed by atoms with Crippen molar-refractivity contribution in [2.24, 2.45) is 0 Å². The van der Waals surface area contributed by atoms with Gasteiger partial charge in [0.2, 0.25) is 0 Å². The second kappa shape index (κ2) is 6.05. The minimum atomic E-state index is -2.98. The lowest BCUT2D eigenvalue weighted by molar-refractivity contribution is -0.134. The zero-order chi connectivity index (χ0) is 16.7. The Labute approximate surface area is 137 Å². The maximum atomic E-state index is 12.8. The van der Waals surface area contributed by atoms with Crippen molar-refractivity contribution in [2.45, 2.75) is 57.0 Å². The summed E-state index contributed by atoms with van der Waals surface area (Å²) in [6, 6.07) is -0.440. The van der Waals surface area contributed by atoms with Gasteiger partial charge in [0.05, 0.1) is 18.2 Å². The lowest BCUT2D eigenvalue weighted by Crippen LogP contribution is -2.50. The van der Waals surface area contributed by atoms with Crippen LogP contribution in [0.5, 0.6) is 0 Å². The molecule has 7 nitrogen and oxygen atoms in total. The lowest BCUT2D eigenvalue weighted by Gasteiger charge is -2.32. The molecule has 0 aromatic heterocycles. The summed E-state index contributed by atoms with van der Waals surface area (Å²) in [5.74, 6) is 0.176. The zero-order valence-corrected chi connectivity index (χ0v) is 14.4. The van der Waals surface area contributed by atoms with E-state index in [0.717, 1.165) is 19.3 Å². The maximum Gasteiger partial charge on any atom is 0.326 e. The van der Waals surface area contributed by atoms with Crippen LogP contribution in [-0.2, 0) is 14.6 Å². The largest absolute Gasteiger partial charge is 0.326 e. The Kier molecular flexibility index (Phi) is 4.39. The molecule has 3 amide bonds. The molecule has 2 heterocycles. The van der Waals surface area contributed by atoms with Gasteiger partial charge in [0.15, 0.2) is 9.84 Å². The Morgan fingerprint density at radius 2 is 1.96 bits per heavy atom. The Bertz CT molecular complexity index is 598. The van der Waals surface area contributed by atoms with E-state index in [-0.39, 0.29) is 36.2 Å². The number of amides is 3. The molecule has 8 heteroatoms. The molecule has 0 radical (unpaired) electrons. The summed E-state index contributed by atoms with van der Waals surface area (Å²) in [6.45, 7) is 2.73. The van der Waals surface area contributed by atoms with Crippen LogP contribution >= 0.6 is 0 Å². The van der Waals surface area contributed by atoms with Gasteiger partial charge in [-0.05, 0) is 25.8 Å². The standard InChI is InChI=1S/C15H25N3O4S/c1-2-17(12-6-9-23(21,22)10-12)11-18-13(19)15(16-14(18)20)7-4-3-5-8-15/h12H,2-11H2,1H3,(H,16,20)/t12-/m1/s1. The van der Waals surface area contributed by atoms with Crippen LogP contribution < -0.4 is 5.32 Å². The first-order valence-electron chi connectivity index (χ1n) is 8.45. The van der Waals surface area contributed by atoms with E-state index in [1.165, 1.54) is 4.90 Å². The summed E-state index contributed by atoms with van der Waals surface area (Å²) >= 11 is 0. The second-order valence-corrected chi connectivity index (χ2v) is 9.14. The van der Waals surface area contributed by atoms with Crippen LogP contribution in [0.4, 0.5) is 4.79 Å². The van der Waals surface area contributed by atoms with E-state index in [0.29, 0.717) is 25.8 Å². The molecule has 0 aromatic carbocycles. The summed E-state index contributed by atoms with van der Waals surface area (Å²) in [7, 11) is -2.98. The third-order valence-electron chi connectivity index (χ3n) is 5.41. The Balaban J connectivity index is 1.71. The number of sulfone groups is 1. The first-order chi connectivity index (χ1) is 10.9. The van der Waals surface area contributed by atoms with E-state index < -0.39 is 15.4 Å². The number of carbonyl (C=O) groups is 2. The highest BCUT2D eigenvalue weighted by Gasteiger charge is 2.51. The van der Waals surface area contributed by atoms with Crippen molar-refractivity contribution in [3.8, 4) is 0 Å². The second-order valence-electron chi connectivity index (χ2n) is 6.91. The molecule has 23 heavy (non-hydrogen) atoms. The van der Waals surface area contributed by atoms with Crippen molar-refractivity contribution in [2.75, 3.05) is 24.7 Å². The zero-order valence-electron chi connectivity index (χ0n) is 13.6. The van der Waals surface area contributed by atoms with Crippen LogP contribution in [0.2, 0.25) is 0 Å². The molecule has 2 aliphatic heterocycles. The lowest BCUT2D eigenvalue weighted by atomic mass is 9.82. The minimum absolute atomic E-state index is 0.103. The van der Waals surface area contributed by atoms with Gasteiger partial charge in [0.25, 0.3) is 5.91 Å². The van der Waals surface area contributed by atoms with Gasteiger partial charge in [-0.1, -0.05) is 26.2 Å². The number of hydrogen-bond acceptors (Lipinski definition) is 5. The molecule has 1 saturated carbocycles. The van der Waals surface area contributed by atoms with Crippen LogP contribution in [0, 0.1) is 0 Å². The topological polar surface area (TPSA) is 86.8 Å². The monoisotopic (exact) mass is 343 g/mol. The van der Waals surface area contributed by atoms with E-state index in [2.05, 4.69) is 5.32 Å². The number of imide groups is 1. The molecule has 0 unspecified atom stereocenters. The highest BCUT2D eigenvalue weighted by atomic mass is 32.2. The van der Waals surface area contributed by atoms with Gasteiger partial charge in [0.1, 0.15) is 5.54 Å². The highest BCUT2D eigenvalue weighted by molar-refractivity contribution is 7.91. The summed E-state index contributed by atoms with van der Waals surface area (Å²) in [5, 5.41) is 2.90. The maximum absolute atomic E-state index is 12.8. The van der Waals surface area contributed by atoms with Crippen molar-refractivity contribution in [1.29, 1.82) is 0 Å². The van der Waals surface area contributed by atoms with Gasteiger partial charge in [-0.15, -0.1) is 0 Å². The van der Waals surface area contributed by atoms with Crippen molar-refractivity contribution in [1.82, 2.24) is 15.1 Å². The number of carbonyl (C=O) groups excluding carboxylic acids is 2. The van der Waals surface area contributed by atoms with E-state index in [9.17, 15) is 18.0 Å². The molecule has 1 spiro atoms. The quantitative estimate of drug-likeness (QED) is 0.760. The van der Waals surface area contributed by atoms with Crippen molar-refractivity contribution in [3.05, 3.63) is 0 Å². The number of hydrogen-bond donors (Lipinski definition) is 1. The van der Waals surface area contributed by atoms with Crippen LogP contribution in [-0.4, -0.2) is 66.5 Å². The van der Waals surface area contributed by atoms with Crippen LogP contribution in [0.15, 0.2) is 0 Å². The van der Waals surface area contributed by atoms with Gasteiger partial charge in [0, 0.05) is 6.04 Å². The number of nitrogens with zero attached hydrogens (tertiary/aromatic N) is 2. The van der Waals surface area contributed by atoms with Crippen LogP contribution in [0.1, 0.15) is 45.4 Å². The molecule has 3 rings (SSSR count). The Morgan fingerprint density at radius 1 is 1.26 bits per heavy atom. The predicted molar refractivity (Wildman–Crippen MR) is 85.5 cm³/mol. The third kappa shape index (κ3) is 3.10. The third-order valence-corrected chi connectivity index (χ3v) is 7.16. The van der Waals surface area contributed by atoms with Gasteiger partial charge >= 0.3 is 6.03 Å². The van der Waals surface area contributed by atoms with E-state index in [4.69, 9.17) is 0 Å². The number of urea groups is 1. The minimum Gasteiger partial charge on any atom is -0.323 e. The Morgan fingerprint density at radius 3 is 2.52 bits per heavy atom. The van der Waals surface area contributed by atoms with Crippen LogP contribution in [0.3, 0.4) is 0 Å². The van der Waals surface area contributed by atoms with Gasteiger partial charge in [-0.25, -0.2) is 18.1 Å².